The van der Waals surface area contributed by atoms with Crippen molar-refractivity contribution in [3.8, 4) is 11.3 Å². The van der Waals surface area contributed by atoms with Crippen molar-refractivity contribution in [3.63, 3.8) is 0 Å². The van der Waals surface area contributed by atoms with Gasteiger partial charge in [0.2, 0.25) is 10.0 Å². The van der Waals surface area contributed by atoms with E-state index < -0.39 is 10.0 Å². The van der Waals surface area contributed by atoms with E-state index in [-0.39, 0.29) is 11.3 Å². The maximum Gasteiger partial charge on any atom is 0.214 e. The van der Waals surface area contributed by atoms with E-state index in [4.69, 9.17) is 0 Å². The van der Waals surface area contributed by atoms with Crippen molar-refractivity contribution >= 4 is 10.0 Å². The van der Waals surface area contributed by atoms with E-state index in [1.54, 1.807) is 11.0 Å². The van der Waals surface area contributed by atoms with Crippen LogP contribution in [0.4, 0.5) is 0 Å². The molecular formula is C19H30N4O2S. The third-order valence-electron chi connectivity index (χ3n) is 3.40. The number of rotatable bonds is 5. The zero-order valence-electron chi connectivity index (χ0n) is 16.1. The molecule has 0 bridgehead atoms. The topological polar surface area (TPSA) is 76.9 Å². The van der Waals surface area contributed by atoms with Gasteiger partial charge in [-0.1, -0.05) is 30.3 Å². The van der Waals surface area contributed by atoms with Crippen LogP contribution in [-0.4, -0.2) is 34.7 Å². The molecule has 6 nitrogen and oxygen atoms in total. The molecule has 3 rings (SSSR count). The van der Waals surface area contributed by atoms with Gasteiger partial charge in [0.1, 0.15) is 5.69 Å². The average molecular weight is 379 g/mol. The van der Waals surface area contributed by atoms with Crippen LogP contribution in [0.2, 0.25) is 0 Å². The van der Waals surface area contributed by atoms with Crippen LogP contribution in [0.5, 0.6) is 0 Å². The van der Waals surface area contributed by atoms with Crippen molar-refractivity contribution < 1.29 is 8.42 Å². The predicted octanol–water partition coefficient (Wildman–Crippen LogP) is 3.80. The van der Waals surface area contributed by atoms with Crippen molar-refractivity contribution in [1.29, 1.82) is 0 Å². The Kier molecular flexibility index (Phi) is 8.68. The molecule has 2 aromatic rings. The molecule has 7 heteroatoms. The largest absolute Gasteiger partial charge is 0.214 e. The standard InChI is InChI=1S/C11H13N3.C6H13NO2S.C2H4/c1-9(2)14-12-8-11(13-14)10-6-4-3-5-7-10;1-5(2)7-10(8,9)6-3-4-6;1-2/h3-9H,1-2H3;5-7H,3-4H2,1-2H3;1-2H2. The second-order valence-corrected chi connectivity index (χ2v) is 8.52. The average Bonchev–Trinajstić information content (AvgIpc) is 3.35. The van der Waals surface area contributed by atoms with Gasteiger partial charge in [0.15, 0.2) is 0 Å². The van der Waals surface area contributed by atoms with E-state index in [0.29, 0.717) is 6.04 Å². The Morgan fingerprint density at radius 3 is 2.12 bits per heavy atom. The number of benzene rings is 1. The highest BCUT2D eigenvalue weighted by molar-refractivity contribution is 7.90. The number of sulfonamides is 1. The lowest BCUT2D eigenvalue weighted by molar-refractivity contribution is 0.467. The third-order valence-corrected chi connectivity index (χ3v) is 5.55. The summed E-state index contributed by atoms with van der Waals surface area (Å²) in [7, 11) is -2.94. The van der Waals surface area contributed by atoms with Crippen molar-refractivity contribution in [1.82, 2.24) is 19.7 Å². The van der Waals surface area contributed by atoms with Gasteiger partial charge >= 0.3 is 0 Å². The lowest BCUT2D eigenvalue weighted by Gasteiger charge is -2.07. The van der Waals surface area contributed by atoms with E-state index in [0.717, 1.165) is 24.1 Å². The molecule has 1 N–H and O–H groups in total. The molecular weight excluding hydrogens is 348 g/mol. The van der Waals surface area contributed by atoms with E-state index in [1.165, 1.54) is 0 Å². The van der Waals surface area contributed by atoms with Crippen molar-refractivity contribution in [3.05, 3.63) is 49.7 Å². The zero-order valence-corrected chi connectivity index (χ0v) is 16.9. The highest BCUT2D eigenvalue weighted by Crippen LogP contribution is 2.27. The predicted molar refractivity (Wildman–Crippen MR) is 107 cm³/mol. The molecule has 1 aromatic carbocycles. The van der Waals surface area contributed by atoms with Crippen LogP contribution in [0.3, 0.4) is 0 Å². The van der Waals surface area contributed by atoms with Gasteiger partial charge in [-0.15, -0.1) is 13.2 Å². The summed E-state index contributed by atoms with van der Waals surface area (Å²) in [5.74, 6) is 0. The first kappa shape index (κ1) is 22.1. The van der Waals surface area contributed by atoms with Gasteiger partial charge in [-0.25, -0.2) is 13.1 Å². The maximum absolute atomic E-state index is 11.1. The molecule has 0 amide bonds. The summed E-state index contributed by atoms with van der Waals surface area (Å²) in [4.78, 5) is 1.72. The maximum atomic E-state index is 11.1. The van der Waals surface area contributed by atoms with Crippen LogP contribution in [0, 0.1) is 0 Å². The summed E-state index contributed by atoms with van der Waals surface area (Å²) in [6.45, 7) is 13.8. The lowest BCUT2D eigenvalue weighted by atomic mass is 10.2. The monoisotopic (exact) mass is 378 g/mol. The minimum atomic E-state index is -2.94. The van der Waals surface area contributed by atoms with Crippen molar-refractivity contribution in [2.75, 3.05) is 0 Å². The van der Waals surface area contributed by atoms with Crippen molar-refractivity contribution in [2.24, 2.45) is 0 Å². The number of aromatic nitrogens is 3. The minimum Gasteiger partial charge on any atom is -0.212 e. The van der Waals surface area contributed by atoms with Crippen LogP contribution < -0.4 is 4.72 Å². The molecule has 0 atom stereocenters. The van der Waals surface area contributed by atoms with Gasteiger partial charge in [0, 0.05) is 11.6 Å². The molecule has 0 saturated heterocycles. The fraction of sp³-hybridized carbons (Fsp3) is 0.474. The van der Waals surface area contributed by atoms with Gasteiger partial charge in [-0.05, 0) is 40.5 Å². The van der Waals surface area contributed by atoms with Gasteiger partial charge in [-0.2, -0.15) is 15.0 Å². The van der Waals surface area contributed by atoms with Crippen LogP contribution in [0.1, 0.15) is 46.6 Å². The van der Waals surface area contributed by atoms with Crippen molar-refractivity contribution in [2.45, 2.75) is 57.9 Å². The quantitative estimate of drug-likeness (QED) is 0.803. The summed E-state index contributed by atoms with van der Waals surface area (Å²) >= 11 is 0. The van der Waals surface area contributed by atoms with Gasteiger partial charge in [0.05, 0.1) is 17.5 Å². The molecule has 0 spiro atoms. The summed E-state index contributed by atoms with van der Waals surface area (Å²) in [6.07, 6.45) is 3.47. The molecule has 0 unspecified atom stereocenters. The molecule has 0 radical (unpaired) electrons. The summed E-state index contributed by atoms with van der Waals surface area (Å²) in [5, 5.41) is 8.50. The molecule has 1 saturated carbocycles. The molecule has 1 aromatic heterocycles. The molecule has 1 aliphatic rings. The Hall–Kier alpha value is -1.99. The fourth-order valence-corrected chi connectivity index (χ4v) is 3.68. The lowest BCUT2D eigenvalue weighted by Crippen LogP contribution is -2.32. The van der Waals surface area contributed by atoms with E-state index in [1.807, 2.05) is 44.2 Å². The summed E-state index contributed by atoms with van der Waals surface area (Å²) < 4.78 is 24.7. The Bertz CT molecular complexity index is 751. The fourth-order valence-electron chi connectivity index (χ4n) is 2.07. The van der Waals surface area contributed by atoms with E-state index in [2.05, 4.69) is 41.9 Å². The van der Waals surface area contributed by atoms with Gasteiger partial charge in [-0.3, -0.25) is 0 Å². The molecule has 144 valence electrons. The first-order valence-electron chi connectivity index (χ1n) is 8.78. The minimum absolute atomic E-state index is 0.0330. The van der Waals surface area contributed by atoms with Crippen LogP contribution in [0.15, 0.2) is 49.7 Å². The Morgan fingerprint density at radius 2 is 1.69 bits per heavy atom. The van der Waals surface area contributed by atoms with Crippen LogP contribution in [-0.2, 0) is 10.0 Å². The zero-order chi connectivity index (χ0) is 19.7. The van der Waals surface area contributed by atoms with Gasteiger partial charge in [0.25, 0.3) is 0 Å². The second-order valence-electron chi connectivity index (χ2n) is 6.53. The first-order valence-corrected chi connectivity index (χ1v) is 10.3. The molecule has 0 aliphatic heterocycles. The first-order chi connectivity index (χ1) is 12.3. The Morgan fingerprint density at radius 1 is 1.12 bits per heavy atom. The number of hydrogen-bond donors (Lipinski definition) is 1. The third kappa shape index (κ3) is 7.09. The molecule has 26 heavy (non-hydrogen) atoms. The van der Waals surface area contributed by atoms with Crippen LogP contribution >= 0.6 is 0 Å². The molecule has 1 heterocycles. The highest BCUT2D eigenvalue weighted by atomic mass is 32.2. The van der Waals surface area contributed by atoms with E-state index in [9.17, 15) is 8.42 Å². The smallest absolute Gasteiger partial charge is 0.212 e. The van der Waals surface area contributed by atoms with Crippen LogP contribution in [0.25, 0.3) is 11.3 Å². The number of hydrogen-bond acceptors (Lipinski definition) is 4. The molecule has 1 fully saturated rings. The summed E-state index contributed by atoms with van der Waals surface area (Å²) in [6, 6.07) is 10.4. The molecule has 1 aliphatic carbocycles. The van der Waals surface area contributed by atoms with Gasteiger partial charge < -0.3 is 0 Å². The SMILES string of the molecule is C=C.CC(C)NS(=O)(=O)C1CC1.CC(C)n1ncc(-c2ccccc2)n1. The number of nitrogens with zero attached hydrogens (tertiary/aromatic N) is 3. The normalized spacial score (nSPS) is 13.6. The van der Waals surface area contributed by atoms with E-state index >= 15 is 0 Å². The second kappa shape index (κ2) is 10.2. The summed E-state index contributed by atoms with van der Waals surface area (Å²) in [5.41, 5.74) is 2.04. The number of nitrogens with one attached hydrogen (secondary N) is 1. The Labute approximate surface area is 157 Å². The Balaban J connectivity index is 0.000000249. The highest BCUT2D eigenvalue weighted by Gasteiger charge is 2.35.